The number of nitrogens with one attached hydrogen (secondary N) is 1. The average Bonchev–Trinajstić information content (AvgIpc) is 3.43. The molecule has 3 unspecified atom stereocenters. The van der Waals surface area contributed by atoms with Crippen molar-refractivity contribution in [1.29, 1.82) is 0 Å². The molecule has 34 heavy (non-hydrogen) atoms. The van der Waals surface area contributed by atoms with Crippen LogP contribution in [0.5, 0.6) is 0 Å². The fraction of sp³-hybridized carbons (Fsp3) is 0.478. The Morgan fingerprint density at radius 1 is 1.24 bits per heavy atom. The molecule has 178 valence electrons. The average molecular weight is 466 g/mol. The highest BCUT2D eigenvalue weighted by atomic mass is 16.5. The molecular weight excluding hydrogens is 440 g/mol. The van der Waals surface area contributed by atoms with Crippen molar-refractivity contribution in [2.45, 2.75) is 57.3 Å². The van der Waals surface area contributed by atoms with Gasteiger partial charge in [-0.3, -0.25) is 24.5 Å². The highest BCUT2D eigenvalue weighted by Gasteiger charge is 2.39. The van der Waals surface area contributed by atoms with E-state index in [1.54, 1.807) is 30.3 Å². The van der Waals surface area contributed by atoms with Crippen molar-refractivity contribution < 1.29 is 23.9 Å². The number of aromatic nitrogens is 3. The Hall–Kier alpha value is -3.60. The molecule has 5 rings (SSSR count). The SMILES string of the molecule is CC1CC(N(C)C(=O)c2cn(-c3ccc4c(c3)CN(C3CCC(=O)NC3=O)C4=O)nn2)CCO1. The van der Waals surface area contributed by atoms with Crippen molar-refractivity contribution in [3.05, 3.63) is 41.2 Å². The van der Waals surface area contributed by atoms with Crippen molar-refractivity contribution >= 4 is 23.6 Å². The number of hydrogen-bond donors (Lipinski definition) is 1. The van der Waals surface area contributed by atoms with E-state index in [0.29, 0.717) is 24.3 Å². The molecule has 2 fully saturated rings. The van der Waals surface area contributed by atoms with Crippen LogP contribution in [0.1, 0.15) is 59.0 Å². The lowest BCUT2D eigenvalue weighted by Crippen LogP contribution is -2.52. The molecule has 2 saturated heterocycles. The number of rotatable bonds is 4. The third kappa shape index (κ3) is 3.96. The van der Waals surface area contributed by atoms with Gasteiger partial charge in [-0.05, 0) is 49.9 Å². The number of carbonyl (C=O) groups excluding carboxylic acids is 4. The minimum atomic E-state index is -0.667. The second-order valence-electron chi connectivity index (χ2n) is 9.07. The van der Waals surface area contributed by atoms with Crippen LogP contribution in [0.2, 0.25) is 0 Å². The Balaban J connectivity index is 1.32. The van der Waals surface area contributed by atoms with E-state index in [0.717, 1.165) is 18.4 Å². The van der Waals surface area contributed by atoms with Gasteiger partial charge in [0.25, 0.3) is 11.8 Å². The number of nitrogens with zero attached hydrogens (tertiary/aromatic N) is 5. The van der Waals surface area contributed by atoms with Gasteiger partial charge in [-0.15, -0.1) is 5.10 Å². The van der Waals surface area contributed by atoms with Crippen LogP contribution in [0.25, 0.3) is 5.69 Å². The highest BCUT2D eigenvalue weighted by molar-refractivity contribution is 6.05. The number of hydrogen-bond acceptors (Lipinski definition) is 7. The molecule has 2 aromatic rings. The first kappa shape index (κ1) is 22.2. The van der Waals surface area contributed by atoms with Crippen LogP contribution in [0.4, 0.5) is 0 Å². The van der Waals surface area contributed by atoms with E-state index in [9.17, 15) is 19.2 Å². The molecular formula is C23H26N6O5. The summed E-state index contributed by atoms with van der Waals surface area (Å²) in [7, 11) is 1.77. The van der Waals surface area contributed by atoms with E-state index in [4.69, 9.17) is 4.74 Å². The van der Waals surface area contributed by atoms with E-state index >= 15 is 0 Å². The van der Waals surface area contributed by atoms with E-state index in [2.05, 4.69) is 15.6 Å². The lowest BCUT2D eigenvalue weighted by atomic mass is 10.0. The fourth-order valence-corrected chi connectivity index (χ4v) is 4.86. The number of ether oxygens (including phenoxy) is 1. The van der Waals surface area contributed by atoms with Gasteiger partial charge in [0.05, 0.1) is 18.0 Å². The minimum absolute atomic E-state index is 0.0886. The molecule has 3 aliphatic heterocycles. The van der Waals surface area contributed by atoms with Gasteiger partial charge in [0.1, 0.15) is 6.04 Å². The van der Waals surface area contributed by atoms with Crippen LogP contribution < -0.4 is 5.32 Å². The number of amides is 4. The molecule has 0 spiro atoms. The third-order valence-corrected chi connectivity index (χ3v) is 6.81. The van der Waals surface area contributed by atoms with E-state index in [1.165, 1.54) is 9.58 Å². The number of carbonyl (C=O) groups is 4. The smallest absolute Gasteiger partial charge is 0.276 e. The Kier molecular flexibility index (Phi) is 5.64. The maximum atomic E-state index is 13.0. The summed E-state index contributed by atoms with van der Waals surface area (Å²) in [4.78, 5) is 52.7. The highest BCUT2D eigenvalue weighted by Crippen LogP contribution is 2.29. The lowest BCUT2D eigenvalue weighted by Gasteiger charge is -2.33. The standard InChI is InChI=1S/C23H26N6O5/c1-13-9-15(7-8-34-13)27(2)23(33)18-12-29(26-25-18)16-3-4-17-14(10-16)11-28(22(17)32)19-5-6-20(30)24-21(19)31/h3-4,10,12-13,15,19H,5-9,11H2,1-2H3,(H,24,30,31). The Morgan fingerprint density at radius 3 is 2.82 bits per heavy atom. The number of benzene rings is 1. The largest absolute Gasteiger partial charge is 0.378 e. The van der Waals surface area contributed by atoms with Gasteiger partial charge in [0.15, 0.2) is 5.69 Å². The summed E-state index contributed by atoms with van der Waals surface area (Å²) in [5.74, 6) is -1.20. The Morgan fingerprint density at radius 2 is 2.06 bits per heavy atom. The van der Waals surface area contributed by atoms with Crippen LogP contribution in [-0.4, -0.2) is 80.3 Å². The minimum Gasteiger partial charge on any atom is -0.378 e. The van der Waals surface area contributed by atoms with Crippen LogP contribution in [0.3, 0.4) is 0 Å². The zero-order valence-electron chi connectivity index (χ0n) is 19.1. The number of fused-ring (bicyclic) bond motifs is 1. The molecule has 0 bridgehead atoms. The molecule has 3 aliphatic rings. The second-order valence-corrected chi connectivity index (χ2v) is 9.07. The van der Waals surface area contributed by atoms with E-state index in [-0.39, 0.29) is 48.5 Å². The first-order valence-corrected chi connectivity index (χ1v) is 11.4. The van der Waals surface area contributed by atoms with Crippen LogP contribution >= 0.6 is 0 Å². The van der Waals surface area contributed by atoms with Crippen LogP contribution in [0.15, 0.2) is 24.4 Å². The number of piperidine rings is 1. The monoisotopic (exact) mass is 466 g/mol. The molecule has 11 heteroatoms. The van der Waals surface area contributed by atoms with Crippen molar-refractivity contribution in [3.8, 4) is 5.69 Å². The molecule has 4 heterocycles. The van der Waals surface area contributed by atoms with Gasteiger partial charge >= 0.3 is 0 Å². The molecule has 4 amide bonds. The summed E-state index contributed by atoms with van der Waals surface area (Å²) in [5.41, 5.74) is 2.16. The van der Waals surface area contributed by atoms with E-state index < -0.39 is 11.9 Å². The Bertz CT molecular complexity index is 1180. The van der Waals surface area contributed by atoms with Crippen molar-refractivity contribution in [3.63, 3.8) is 0 Å². The summed E-state index contributed by atoms with van der Waals surface area (Å²) in [6.45, 7) is 2.89. The fourth-order valence-electron chi connectivity index (χ4n) is 4.86. The first-order valence-electron chi connectivity index (χ1n) is 11.4. The molecule has 0 aliphatic carbocycles. The summed E-state index contributed by atoms with van der Waals surface area (Å²) in [5, 5.41) is 10.5. The summed E-state index contributed by atoms with van der Waals surface area (Å²) in [6, 6.07) is 4.66. The van der Waals surface area contributed by atoms with Crippen LogP contribution in [-0.2, 0) is 20.9 Å². The quantitative estimate of drug-likeness (QED) is 0.656. The van der Waals surface area contributed by atoms with Gasteiger partial charge in [0, 0.05) is 38.2 Å². The maximum Gasteiger partial charge on any atom is 0.276 e. The Labute approximate surface area is 196 Å². The van der Waals surface area contributed by atoms with Gasteiger partial charge in [-0.2, -0.15) is 0 Å². The summed E-state index contributed by atoms with van der Waals surface area (Å²) >= 11 is 0. The topological polar surface area (TPSA) is 127 Å². The molecule has 1 aromatic heterocycles. The predicted octanol–water partition coefficient (Wildman–Crippen LogP) is 0.668. The van der Waals surface area contributed by atoms with Crippen molar-refractivity contribution in [2.24, 2.45) is 0 Å². The summed E-state index contributed by atoms with van der Waals surface area (Å²) < 4.78 is 7.08. The molecule has 0 radical (unpaired) electrons. The molecule has 1 aromatic carbocycles. The van der Waals surface area contributed by atoms with Gasteiger partial charge in [0.2, 0.25) is 11.8 Å². The van der Waals surface area contributed by atoms with Gasteiger partial charge in [-0.25, -0.2) is 4.68 Å². The van der Waals surface area contributed by atoms with E-state index in [1.807, 2.05) is 13.0 Å². The second kappa shape index (κ2) is 8.64. The maximum absolute atomic E-state index is 13.0. The first-order chi connectivity index (χ1) is 16.3. The predicted molar refractivity (Wildman–Crippen MR) is 118 cm³/mol. The molecule has 11 nitrogen and oxygen atoms in total. The van der Waals surface area contributed by atoms with Gasteiger partial charge < -0.3 is 14.5 Å². The molecule has 3 atom stereocenters. The third-order valence-electron chi connectivity index (χ3n) is 6.81. The van der Waals surface area contributed by atoms with Crippen molar-refractivity contribution in [1.82, 2.24) is 30.1 Å². The zero-order valence-corrected chi connectivity index (χ0v) is 19.1. The van der Waals surface area contributed by atoms with Crippen molar-refractivity contribution in [2.75, 3.05) is 13.7 Å². The lowest BCUT2D eigenvalue weighted by molar-refractivity contribution is -0.136. The van der Waals surface area contributed by atoms with Gasteiger partial charge in [-0.1, -0.05) is 5.21 Å². The summed E-state index contributed by atoms with van der Waals surface area (Å²) in [6.07, 6.45) is 3.77. The zero-order chi connectivity index (χ0) is 24.0. The molecule has 0 saturated carbocycles. The van der Waals surface area contributed by atoms with Crippen LogP contribution in [0, 0.1) is 0 Å². The number of imide groups is 1. The normalized spacial score (nSPS) is 24.7. The molecule has 1 N–H and O–H groups in total.